The minimum Gasteiger partial charge on any atom is -0.349 e. The first-order valence-electron chi connectivity index (χ1n) is 8.24. The maximum Gasteiger partial charge on any atom is 0.336 e. The minimum absolute atomic E-state index is 0. The van der Waals surface area contributed by atoms with Gasteiger partial charge in [-0.2, -0.15) is 5.26 Å². The highest BCUT2D eigenvalue weighted by atomic mass is 32.2. The fourth-order valence-corrected chi connectivity index (χ4v) is 4.17. The largest absolute Gasteiger partial charge is 0.349 e. The number of anilines is 1. The molecule has 0 fully saturated rings. The SMILES string of the molecule is C=C.Cc1cccc2c1S(=O)(=O)N(CC(=O)NCc1cnc(C#N)cn1)C(=O)N2.[HH].[HH]. The van der Waals surface area contributed by atoms with Crippen LogP contribution in [0.1, 0.15) is 19.8 Å². The predicted molar refractivity (Wildman–Crippen MR) is 108 cm³/mol. The normalized spacial score (nSPS) is 13.8. The van der Waals surface area contributed by atoms with Crippen molar-refractivity contribution in [2.75, 3.05) is 11.9 Å². The van der Waals surface area contributed by atoms with E-state index in [0.29, 0.717) is 15.6 Å². The Kier molecular flexibility index (Phi) is 6.63. The summed E-state index contributed by atoms with van der Waals surface area (Å²) < 4.78 is 26.0. The summed E-state index contributed by atoms with van der Waals surface area (Å²) in [4.78, 5) is 32.0. The van der Waals surface area contributed by atoms with E-state index in [-0.39, 0.29) is 25.7 Å². The minimum atomic E-state index is -4.15. The van der Waals surface area contributed by atoms with Gasteiger partial charge in [0.05, 0.1) is 30.3 Å². The summed E-state index contributed by atoms with van der Waals surface area (Å²) in [5.41, 5.74) is 1.17. The highest BCUT2D eigenvalue weighted by molar-refractivity contribution is 7.90. The Morgan fingerprint density at radius 3 is 2.69 bits per heavy atom. The van der Waals surface area contributed by atoms with Crippen molar-refractivity contribution in [3.8, 4) is 6.07 Å². The number of carbonyl (C=O) groups is 2. The molecule has 0 saturated carbocycles. The van der Waals surface area contributed by atoms with Gasteiger partial charge >= 0.3 is 6.03 Å². The zero-order valence-electron chi connectivity index (χ0n) is 15.5. The first kappa shape index (κ1) is 21.5. The molecule has 2 heterocycles. The lowest BCUT2D eigenvalue weighted by Gasteiger charge is -2.29. The molecule has 10 nitrogen and oxygen atoms in total. The molecule has 0 saturated heterocycles. The number of nitrogens with one attached hydrogen (secondary N) is 2. The molecule has 2 N–H and O–H groups in total. The van der Waals surface area contributed by atoms with Gasteiger partial charge in [0.1, 0.15) is 17.5 Å². The number of urea groups is 1. The van der Waals surface area contributed by atoms with Crippen molar-refractivity contribution in [1.29, 1.82) is 5.26 Å². The van der Waals surface area contributed by atoms with Crippen LogP contribution in [0, 0.1) is 18.3 Å². The van der Waals surface area contributed by atoms with Crippen LogP contribution in [0.15, 0.2) is 48.6 Å². The van der Waals surface area contributed by atoms with Crippen molar-refractivity contribution in [1.82, 2.24) is 19.6 Å². The van der Waals surface area contributed by atoms with Gasteiger partial charge in [0.25, 0.3) is 10.0 Å². The number of hydrogen-bond donors (Lipinski definition) is 2. The molecule has 11 heteroatoms. The molecule has 0 atom stereocenters. The average Bonchev–Trinajstić information content (AvgIpc) is 2.71. The molecule has 3 rings (SSSR count). The van der Waals surface area contributed by atoms with E-state index >= 15 is 0 Å². The van der Waals surface area contributed by atoms with Gasteiger partial charge in [-0.1, -0.05) is 12.1 Å². The first-order chi connectivity index (χ1) is 13.8. The number of aryl methyl sites for hydroxylation is 1. The second-order valence-electron chi connectivity index (χ2n) is 5.67. The van der Waals surface area contributed by atoms with Gasteiger partial charge in [-0.05, 0) is 18.6 Å². The van der Waals surface area contributed by atoms with Crippen LogP contribution in [0.25, 0.3) is 0 Å². The molecule has 3 amide bonds. The quantitative estimate of drug-likeness (QED) is 0.720. The molecule has 29 heavy (non-hydrogen) atoms. The predicted octanol–water partition coefficient (Wildman–Crippen LogP) is 1.80. The van der Waals surface area contributed by atoms with E-state index in [1.54, 1.807) is 19.1 Å². The molecule has 1 aliphatic rings. The van der Waals surface area contributed by atoms with Crippen LogP contribution < -0.4 is 10.6 Å². The molecule has 0 radical (unpaired) electrons. The number of amides is 3. The Bertz CT molecular complexity index is 1090. The lowest BCUT2D eigenvalue weighted by molar-refractivity contribution is -0.121. The van der Waals surface area contributed by atoms with Crippen LogP contribution >= 0.6 is 0 Å². The number of carbonyl (C=O) groups excluding carboxylic acids is 2. The van der Waals surface area contributed by atoms with Crippen LogP contribution in [-0.2, 0) is 21.4 Å². The third kappa shape index (κ3) is 4.56. The molecule has 154 valence electrons. The molecule has 2 aromatic rings. The van der Waals surface area contributed by atoms with E-state index in [9.17, 15) is 18.0 Å². The fraction of sp³-hybridized carbons (Fsp3) is 0.167. The van der Waals surface area contributed by atoms with E-state index in [2.05, 4.69) is 33.8 Å². The molecule has 1 aromatic carbocycles. The molecule has 0 spiro atoms. The number of hydrogen-bond acceptors (Lipinski definition) is 7. The topological polar surface area (TPSA) is 145 Å². The van der Waals surface area contributed by atoms with E-state index in [1.807, 2.05) is 6.07 Å². The number of benzene rings is 1. The second-order valence-corrected chi connectivity index (χ2v) is 7.47. The summed E-state index contributed by atoms with van der Waals surface area (Å²) in [5, 5.41) is 13.6. The summed E-state index contributed by atoms with van der Waals surface area (Å²) >= 11 is 0. The highest BCUT2D eigenvalue weighted by Crippen LogP contribution is 2.32. The highest BCUT2D eigenvalue weighted by Gasteiger charge is 2.38. The Hall–Kier alpha value is -3.78. The summed E-state index contributed by atoms with van der Waals surface area (Å²) in [6, 6.07) is 5.64. The zero-order chi connectivity index (χ0) is 21.6. The Morgan fingerprint density at radius 1 is 1.34 bits per heavy atom. The Balaban J connectivity index is 0.00000219. The van der Waals surface area contributed by atoms with Crippen LogP contribution in [-0.4, -0.2) is 41.2 Å². The zero-order valence-corrected chi connectivity index (χ0v) is 16.4. The number of nitrogens with zero attached hydrogens (tertiary/aromatic N) is 4. The van der Waals surface area contributed by atoms with E-state index in [1.165, 1.54) is 18.5 Å². The van der Waals surface area contributed by atoms with E-state index in [4.69, 9.17) is 5.26 Å². The van der Waals surface area contributed by atoms with Gasteiger partial charge in [-0.25, -0.2) is 22.5 Å². The molecule has 1 aliphatic heterocycles. The van der Waals surface area contributed by atoms with E-state index in [0.717, 1.165) is 0 Å². The van der Waals surface area contributed by atoms with Crippen molar-refractivity contribution < 1.29 is 20.9 Å². The summed E-state index contributed by atoms with van der Waals surface area (Å²) in [6.45, 7) is 6.91. The fourth-order valence-electron chi connectivity index (χ4n) is 2.53. The van der Waals surface area contributed by atoms with Crippen LogP contribution in [0.4, 0.5) is 10.5 Å². The van der Waals surface area contributed by atoms with Crippen molar-refractivity contribution in [2.24, 2.45) is 0 Å². The number of rotatable bonds is 4. The maximum atomic E-state index is 12.7. The van der Waals surface area contributed by atoms with Crippen molar-refractivity contribution in [3.63, 3.8) is 0 Å². The molecule has 0 unspecified atom stereocenters. The molecule has 1 aromatic heterocycles. The van der Waals surface area contributed by atoms with Crippen molar-refractivity contribution in [3.05, 3.63) is 60.7 Å². The van der Waals surface area contributed by atoms with E-state index < -0.39 is 28.5 Å². The van der Waals surface area contributed by atoms with Gasteiger partial charge in [-0.15, -0.1) is 13.2 Å². The lowest BCUT2D eigenvalue weighted by atomic mass is 10.2. The van der Waals surface area contributed by atoms with Crippen LogP contribution in [0.3, 0.4) is 0 Å². The Labute approximate surface area is 170 Å². The van der Waals surface area contributed by atoms with Gasteiger partial charge < -0.3 is 10.6 Å². The van der Waals surface area contributed by atoms with Gasteiger partial charge in [0.2, 0.25) is 5.91 Å². The molecule has 0 aliphatic carbocycles. The molecular weight excluding hydrogens is 396 g/mol. The van der Waals surface area contributed by atoms with Crippen molar-refractivity contribution in [2.45, 2.75) is 18.4 Å². The summed E-state index contributed by atoms with van der Waals surface area (Å²) in [7, 11) is -4.15. The summed E-state index contributed by atoms with van der Waals surface area (Å²) in [6.07, 6.45) is 2.58. The smallest absolute Gasteiger partial charge is 0.336 e. The average molecular weight is 418 g/mol. The van der Waals surface area contributed by atoms with Crippen molar-refractivity contribution >= 4 is 27.6 Å². The maximum absolute atomic E-state index is 12.7. The van der Waals surface area contributed by atoms with Gasteiger partial charge in [0, 0.05) is 2.85 Å². The van der Waals surface area contributed by atoms with Gasteiger partial charge in [0.15, 0.2) is 5.69 Å². The first-order valence-corrected chi connectivity index (χ1v) is 9.68. The number of aromatic nitrogens is 2. The van der Waals surface area contributed by atoms with Gasteiger partial charge in [-0.3, -0.25) is 9.78 Å². The lowest BCUT2D eigenvalue weighted by Crippen LogP contribution is -2.48. The molecule has 0 bridgehead atoms. The van der Waals surface area contributed by atoms with Crippen LogP contribution in [0.2, 0.25) is 0 Å². The monoisotopic (exact) mass is 418 g/mol. The number of sulfonamides is 1. The third-order valence-electron chi connectivity index (χ3n) is 3.80. The molecular formula is C18H22N6O4S. The second kappa shape index (κ2) is 8.94. The third-order valence-corrected chi connectivity index (χ3v) is 5.73. The number of fused-ring (bicyclic) bond motifs is 1. The summed E-state index contributed by atoms with van der Waals surface area (Å²) in [5.74, 6) is -0.683. The standard InChI is InChI=1S/C16H14N6O4S.C2H4.2H2/c1-10-3-2-4-13-15(10)27(25,26)22(16(24)21-13)9-14(23)20-8-12-7-18-11(5-17)6-19-12;1-2;;/h2-4,6-7H,8-9H2,1H3,(H,20,23)(H,21,24);1-2H2;2*1H. The number of nitriles is 1. The Morgan fingerprint density at radius 2 is 2.07 bits per heavy atom. The van der Waals surface area contributed by atoms with Crippen LogP contribution in [0.5, 0.6) is 0 Å².